The van der Waals surface area contributed by atoms with Gasteiger partial charge < -0.3 is 21.1 Å². The summed E-state index contributed by atoms with van der Waals surface area (Å²) in [4.78, 5) is 23.1. The number of aromatic carboxylic acids is 1. The van der Waals surface area contributed by atoms with Gasteiger partial charge in [0.2, 0.25) is 5.91 Å². The molecule has 1 aromatic rings. The second-order valence-electron chi connectivity index (χ2n) is 5.86. The molecular formula is C18H18FN3O3. The number of nitrogens with one attached hydrogen (secondary N) is 3. The molecule has 1 heterocycles. The van der Waals surface area contributed by atoms with Gasteiger partial charge in [-0.05, 0) is 36.4 Å². The molecule has 1 aliphatic heterocycles. The fraction of sp³-hybridized carbons (Fsp3) is 0.222. The van der Waals surface area contributed by atoms with E-state index in [0.29, 0.717) is 17.0 Å². The van der Waals surface area contributed by atoms with Crippen molar-refractivity contribution in [1.82, 2.24) is 10.6 Å². The van der Waals surface area contributed by atoms with Crippen molar-refractivity contribution in [2.45, 2.75) is 6.04 Å². The molecule has 0 bridgehead atoms. The van der Waals surface area contributed by atoms with Crippen LogP contribution in [0.2, 0.25) is 0 Å². The van der Waals surface area contributed by atoms with E-state index < -0.39 is 5.97 Å². The zero-order valence-corrected chi connectivity index (χ0v) is 13.5. The predicted molar refractivity (Wildman–Crippen MR) is 91.7 cm³/mol. The van der Waals surface area contributed by atoms with E-state index in [0.717, 1.165) is 0 Å². The molecule has 2 atom stereocenters. The number of likely N-dealkylation sites (N-methyl/N-ethyl adjacent to an activating group) is 1. The van der Waals surface area contributed by atoms with E-state index in [1.54, 1.807) is 25.3 Å². The van der Waals surface area contributed by atoms with Crippen LogP contribution in [0.5, 0.6) is 0 Å². The van der Waals surface area contributed by atoms with Crippen molar-refractivity contribution in [3.8, 4) is 0 Å². The third-order valence-electron chi connectivity index (χ3n) is 4.24. The number of carbonyl (C=O) groups excluding carboxylic acids is 1. The molecule has 1 amide bonds. The van der Waals surface area contributed by atoms with Gasteiger partial charge >= 0.3 is 5.97 Å². The van der Waals surface area contributed by atoms with Crippen LogP contribution in [0.4, 0.5) is 10.1 Å². The number of carboxylic acid groups (broad SMARTS) is 1. The van der Waals surface area contributed by atoms with Gasteiger partial charge in [0.25, 0.3) is 0 Å². The van der Waals surface area contributed by atoms with E-state index >= 15 is 0 Å². The Labute approximate surface area is 144 Å². The van der Waals surface area contributed by atoms with Gasteiger partial charge in [-0.15, -0.1) is 0 Å². The number of anilines is 1. The number of fused-ring (bicyclic) bond motifs is 1. The molecule has 6 nitrogen and oxygen atoms in total. The minimum Gasteiger partial charge on any atom is -0.478 e. The molecule has 0 saturated heterocycles. The number of carbonyl (C=O) groups is 2. The molecule has 0 saturated carbocycles. The minimum atomic E-state index is -0.994. The van der Waals surface area contributed by atoms with Crippen LogP contribution >= 0.6 is 0 Å². The average molecular weight is 343 g/mol. The van der Waals surface area contributed by atoms with Gasteiger partial charge in [-0.1, -0.05) is 6.08 Å². The van der Waals surface area contributed by atoms with Gasteiger partial charge in [0, 0.05) is 36.5 Å². The quantitative estimate of drug-likeness (QED) is 0.655. The van der Waals surface area contributed by atoms with E-state index in [-0.39, 0.29) is 35.8 Å². The van der Waals surface area contributed by atoms with Crippen LogP contribution in [-0.4, -0.2) is 36.6 Å². The second-order valence-corrected chi connectivity index (χ2v) is 5.86. The smallest absolute Gasteiger partial charge is 0.335 e. The summed E-state index contributed by atoms with van der Waals surface area (Å²) in [6.45, 7) is 0.259. The van der Waals surface area contributed by atoms with Crippen molar-refractivity contribution >= 4 is 17.6 Å². The zero-order chi connectivity index (χ0) is 18.0. The number of halogens is 1. The summed E-state index contributed by atoms with van der Waals surface area (Å²) in [5, 5.41) is 17.8. The minimum absolute atomic E-state index is 0.192. The van der Waals surface area contributed by atoms with Crippen LogP contribution < -0.4 is 16.0 Å². The van der Waals surface area contributed by atoms with E-state index in [1.165, 1.54) is 24.3 Å². The van der Waals surface area contributed by atoms with E-state index in [1.807, 2.05) is 0 Å². The van der Waals surface area contributed by atoms with Crippen LogP contribution in [0.15, 0.2) is 59.6 Å². The third-order valence-corrected chi connectivity index (χ3v) is 4.24. The van der Waals surface area contributed by atoms with Gasteiger partial charge in [0.15, 0.2) is 0 Å². The molecule has 3 rings (SSSR count). The Hall–Kier alpha value is -3.09. The van der Waals surface area contributed by atoms with Crippen LogP contribution in [0.3, 0.4) is 0 Å². The summed E-state index contributed by atoms with van der Waals surface area (Å²) in [5.41, 5.74) is 2.02. The Morgan fingerprint density at radius 2 is 2.00 bits per heavy atom. The topological polar surface area (TPSA) is 90.5 Å². The third kappa shape index (κ3) is 3.55. The first-order chi connectivity index (χ1) is 12.0. The Bertz CT molecular complexity index is 796. The normalized spacial score (nSPS) is 22.0. The maximum Gasteiger partial charge on any atom is 0.335 e. The maximum atomic E-state index is 13.7. The van der Waals surface area contributed by atoms with Crippen LogP contribution in [0, 0.1) is 5.92 Å². The molecule has 7 heteroatoms. The lowest BCUT2D eigenvalue weighted by Crippen LogP contribution is -2.49. The van der Waals surface area contributed by atoms with E-state index in [9.17, 15) is 14.0 Å². The van der Waals surface area contributed by atoms with Crippen molar-refractivity contribution in [3.05, 3.63) is 65.2 Å². The summed E-state index contributed by atoms with van der Waals surface area (Å²) in [7, 11) is 1.69. The summed E-state index contributed by atoms with van der Waals surface area (Å²) in [6.07, 6.45) is 4.61. The number of benzene rings is 1. The molecule has 1 aromatic carbocycles. The monoisotopic (exact) mass is 343 g/mol. The number of allylic oxidation sites excluding steroid dienone is 2. The lowest BCUT2D eigenvalue weighted by Gasteiger charge is -2.33. The van der Waals surface area contributed by atoms with E-state index in [4.69, 9.17) is 5.11 Å². The Morgan fingerprint density at radius 1 is 1.28 bits per heavy atom. The largest absolute Gasteiger partial charge is 0.478 e. The van der Waals surface area contributed by atoms with Gasteiger partial charge in [-0.3, -0.25) is 4.79 Å². The second kappa shape index (κ2) is 6.80. The van der Waals surface area contributed by atoms with Crippen LogP contribution in [0.25, 0.3) is 0 Å². The van der Waals surface area contributed by atoms with Crippen LogP contribution in [0.1, 0.15) is 10.4 Å². The van der Waals surface area contributed by atoms with Crippen molar-refractivity contribution in [2.75, 3.05) is 18.9 Å². The molecule has 2 aliphatic rings. The molecule has 2 unspecified atom stereocenters. The Balaban J connectivity index is 1.72. The maximum absolute atomic E-state index is 13.7. The van der Waals surface area contributed by atoms with Gasteiger partial charge in [0.05, 0.1) is 11.6 Å². The lowest BCUT2D eigenvalue weighted by atomic mass is 9.86. The molecule has 25 heavy (non-hydrogen) atoms. The molecule has 1 aliphatic carbocycles. The van der Waals surface area contributed by atoms with Gasteiger partial charge in [-0.25, -0.2) is 9.18 Å². The average Bonchev–Trinajstić information content (AvgIpc) is 2.60. The summed E-state index contributed by atoms with van der Waals surface area (Å²) < 4.78 is 13.7. The first-order valence-corrected chi connectivity index (χ1v) is 7.83. The van der Waals surface area contributed by atoms with Gasteiger partial charge in [-0.2, -0.15) is 0 Å². The van der Waals surface area contributed by atoms with Crippen molar-refractivity contribution in [3.63, 3.8) is 0 Å². The number of amides is 1. The highest BCUT2D eigenvalue weighted by atomic mass is 19.1. The number of hydrogen-bond donors (Lipinski definition) is 4. The fourth-order valence-corrected chi connectivity index (χ4v) is 2.93. The Morgan fingerprint density at radius 3 is 2.64 bits per heavy atom. The summed E-state index contributed by atoms with van der Waals surface area (Å²) >= 11 is 0. The molecule has 0 fully saturated rings. The molecule has 4 N–H and O–H groups in total. The molecule has 0 aromatic heterocycles. The first-order valence-electron chi connectivity index (χ1n) is 7.83. The highest BCUT2D eigenvalue weighted by Crippen LogP contribution is 2.28. The number of hydrogen-bond acceptors (Lipinski definition) is 4. The van der Waals surface area contributed by atoms with Gasteiger partial charge in [0.1, 0.15) is 5.83 Å². The van der Waals surface area contributed by atoms with E-state index in [2.05, 4.69) is 16.0 Å². The fourth-order valence-electron chi connectivity index (χ4n) is 2.93. The number of carboxylic acids is 1. The standard InChI is InChI=1S/C18H18FN3O3/c1-20-15-8-13(19)7-11-6-12(17(23)22-16(11)15)9-21-14-4-2-10(3-5-14)18(24)25/h2-8,11,16,20-21H,9H2,1H3,(H,22,23)(H,24,25). The summed E-state index contributed by atoms with van der Waals surface area (Å²) in [5.74, 6) is -1.80. The van der Waals surface area contributed by atoms with Crippen molar-refractivity contribution in [2.24, 2.45) is 5.92 Å². The predicted octanol–water partition coefficient (Wildman–Crippen LogP) is 1.81. The summed E-state index contributed by atoms with van der Waals surface area (Å²) in [6, 6.07) is 5.94. The highest BCUT2D eigenvalue weighted by Gasteiger charge is 2.32. The highest BCUT2D eigenvalue weighted by molar-refractivity contribution is 5.96. The molecular weight excluding hydrogens is 325 g/mol. The SMILES string of the molecule is CNC1=CC(F)=CC2C=C(CNc3ccc(C(=O)O)cc3)C(=O)NC12. The lowest BCUT2D eigenvalue weighted by molar-refractivity contribution is -0.118. The number of rotatable bonds is 5. The zero-order valence-electron chi connectivity index (χ0n) is 13.5. The molecule has 0 spiro atoms. The van der Waals surface area contributed by atoms with Crippen molar-refractivity contribution < 1.29 is 19.1 Å². The Kier molecular flexibility index (Phi) is 4.56. The molecule has 0 radical (unpaired) electrons. The van der Waals surface area contributed by atoms with Crippen molar-refractivity contribution in [1.29, 1.82) is 0 Å². The molecule has 130 valence electrons. The van der Waals surface area contributed by atoms with Crippen LogP contribution in [-0.2, 0) is 4.79 Å². The first kappa shape index (κ1) is 16.8.